The summed E-state index contributed by atoms with van der Waals surface area (Å²) in [4.78, 5) is 48.0. The van der Waals surface area contributed by atoms with E-state index < -0.39 is 23.9 Å². The van der Waals surface area contributed by atoms with Crippen LogP contribution in [0.2, 0.25) is 0 Å². The second-order valence-electron chi connectivity index (χ2n) is 4.04. The Labute approximate surface area is 139 Å². The molecular formula is C14H13N3O8. The van der Waals surface area contributed by atoms with Crippen molar-refractivity contribution >= 4 is 23.9 Å². The van der Waals surface area contributed by atoms with E-state index in [4.69, 9.17) is 20.4 Å². The van der Waals surface area contributed by atoms with Gasteiger partial charge in [0.25, 0.3) is 0 Å². The molecule has 7 N–H and O–H groups in total. The van der Waals surface area contributed by atoms with Crippen molar-refractivity contribution in [2.45, 2.75) is 0 Å². The molecule has 11 nitrogen and oxygen atoms in total. The molecule has 0 aliphatic rings. The van der Waals surface area contributed by atoms with Crippen molar-refractivity contribution in [2.24, 2.45) is 0 Å². The smallest absolute Gasteiger partial charge is 0.354 e. The summed E-state index contributed by atoms with van der Waals surface area (Å²) in [5, 5.41) is 33.7. The second kappa shape index (κ2) is 9.32. The van der Waals surface area contributed by atoms with Crippen molar-refractivity contribution in [3.63, 3.8) is 0 Å². The van der Waals surface area contributed by atoms with E-state index in [0.717, 1.165) is 0 Å². The number of pyridine rings is 2. The molecule has 0 unspecified atom stereocenters. The van der Waals surface area contributed by atoms with Gasteiger partial charge in [-0.05, 0) is 24.3 Å². The molecule has 0 aromatic carbocycles. The Hall–Kier alpha value is -3.86. The van der Waals surface area contributed by atoms with Gasteiger partial charge in [-0.2, -0.15) is 0 Å². The predicted octanol–water partition coefficient (Wildman–Crippen LogP) is 1.12. The molecule has 2 heterocycles. The van der Waals surface area contributed by atoms with Crippen LogP contribution in [-0.2, 0) is 0 Å². The average Bonchev–Trinajstić information content (AvgIpc) is 2.55. The van der Waals surface area contributed by atoms with Gasteiger partial charge in [-0.3, -0.25) is 0 Å². The van der Waals surface area contributed by atoms with Gasteiger partial charge in [-0.1, -0.05) is 12.1 Å². The quantitative estimate of drug-likeness (QED) is 0.526. The van der Waals surface area contributed by atoms with E-state index in [9.17, 15) is 19.2 Å². The first-order valence-electron chi connectivity index (χ1n) is 6.09. The molecule has 0 saturated carbocycles. The Morgan fingerprint density at radius 3 is 0.920 bits per heavy atom. The first kappa shape index (κ1) is 21.1. The maximum atomic E-state index is 10.3. The van der Waals surface area contributed by atoms with Gasteiger partial charge in [-0.15, -0.1) is 0 Å². The fraction of sp³-hybridized carbons (Fsp3) is 0. The van der Waals surface area contributed by atoms with Crippen molar-refractivity contribution in [1.29, 1.82) is 0 Å². The number of carboxylic acid groups (broad SMARTS) is 4. The Balaban J connectivity index is 0.000000443. The normalized spacial score (nSPS) is 8.96. The predicted molar refractivity (Wildman–Crippen MR) is 81.3 cm³/mol. The standard InChI is InChI=1S/2C7H5NO4.H3N/c2*9-6(10)4-2-1-3-5(8-4)7(11)12;/h2*1-3H,(H,9,10)(H,11,12);1H3. The molecule has 0 aliphatic heterocycles. The summed E-state index contributed by atoms with van der Waals surface area (Å²) in [5.74, 6) is -4.95. The van der Waals surface area contributed by atoms with Crippen LogP contribution in [0.5, 0.6) is 0 Å². The van der Waals surface area contributed by atoms with E-state index in [1.165, 1.54) is 36.4 Å². The molecule has 0 bridgehead atoms. The maximum Gasteiger partial charge on any atom is 0.354 e. The number of hydrogen-bond acceptors (Lipinski definition) is 7. The summed E-state index contributed by atoms with van der Waals surface area (Å²) in [5.41, 5.74) is -1.07. The van der Waals surface area contributed by atoms with E-state index >= 15 is 0 Å². The minimum atomic E-state index is -1.24. The molecule has 0 amide bonds. The number of carboxylic acids is 4. The van der Waals surface area contributed by atoms with Crippen molar-refractivity contribution in [3.8, 4) is 0 Å². The highest BCUT2D eigenvalue weighted by Gasteiger charge is 2.09. The van der Waals surface area contributed by atoms with Crippen molar-refractivity contribution in [2.75, 3.05) is 0 Å². The van der Waals surface area contributed by atoms with Gasteiger partial charge in [0.05, 0.1) is 0 Å². The third-order valence-electron chi connectivity index (χ3n) is 2.37. The highest BCUT2D eigenvalue weighted by Crippen LogP contribution is 1.99. The van der Waals surface area contributed by atoms with E-state index in [-0.39, 0.29) is 28.9 Å². The zero-order chi connectivity index (χ0) is 18.3. The molecule has 0 saturated heterocycles. The molecule has 0 radical (unpaired) electrons. The Morgan fingerprint density at radius 1 is 0.560 bits per heavy atom. The summed E-state index contributed by atoms with van der Waals surface area (Å²) < 4.78 is 0. The molecule has 2 aromatic heterocycles. The van der Waals surface area contributed by atoms with E-state index in [1.807, 2.05) is 0 Å². The lowest BCUT2D eigenvalue weighted by Gasteiger charge is -1.94. The van der Waals surface area contributed by atoms with Crippen LogP contribution >= 0.6 is 0 Å². The second-order valence-corrected chi connectivity index (χ2v) is 4.04. The number of carbonyl (C=O) groups is 4. The highest BCUT2D eigenvalue weighted by atomic mass is 16.4. The summed E-state index contributed by atoms with van der Waals surface area (Å²) in [6, 6.07) is 7.59. The van der Waals surface area contributed by atoms with Gasteiger partial charge in [0, 0.05) is 0 Å². The molecule has 0 spiro atoms. The van der Waals surface area contributed by atoms with Gasteiger partial charge in [0.1, 0.15) is 22.8 Å². The largest absolute Gasteiger partial charge is 0.477 e. The summed E-state index contributed by atoms with van der Waals surface area (Å²) in [6.45, 7) is 0. The third-order valence-corrected chi connectivity index (χ3v) is 2.37. The van der Waals surface area contributed by atoms with Crippen LogP contribution < -0.4 is 6.15 Å². The molecule has 11 heteroatoms. The first-order chi connectivity index (χ1) is 11.2. The zero-order valence-electron chi connectivity index (χ0n) is 12.5. The number of hydrogen-bond donors (Lipinski definition) is 5. The Bertz CT molecular complexity index is 680. The van der Waals surface area contributed by atoms with Crippen molar-refractivity contribution < 1.29 is 39.6 Å². The zero-order valence-corrected chi connectivity index (χ0v) is 12.5. The maximum absolute atomic E-state index is 10.3. The minimum Gasteiger partial charge on any atom is -0.477 e. The van der Waals surface area contributed by atoms with Crippen LogP contribution in [0.4, 0.5) is 0 Å². The van der Waals surface area contributed by atoms with Crippen molar-refractivity contribution in [3.05, 3.63) is 59.2 Å². The lowest BCUT2D eigenvalue weighted by atomic mass is 10.3. The summed E-state index contributed by atoms with van der Waals surface area (Å²) in [6.07, 6.45) is 0. The van der Waals surface area contributed by atoms with Crippen LogP contribution in [0, 0.1) is 0 Å². The Kier molecular flexibility index (Phi) is 7.88. The number of aromatic carboxylic acids is 4. The number of aromatic nitrogens is 2. The molecule has 2 rings (SSSR count). The molecular weight excluding hydrogens is 338 g/mol. The van der Waals surface area contributed by atoms with Crippen LogP contribution in [0.3, 0.4) is 0 Å². The van der Waals surface area contributed by atoms with E-state index in [0.29, 0.717) is 0 Å². The van der Waals surface area contributed by atoms with Gasteiger partial charge < -0.3 is 26.6 Å². The van der Waals surface area contributed by atoms with E-state index in [1.54, 1.807) is 0 Å². The fourth-order valence-corrected chi connectivity index (χ4v) is 1.35. The van der Waals surface area contributed by atoms with E-state index in [2.05, 4.69) is 9.97 Å². The molecule has 0 aliphatic carbocycles. The van der Waals surface area contributed by atoms with Crippen LogP contribution in [0.15, 0.2) is 36.4 Å². The molecule has 25 heavy (non-hydrogen) atoms. The number of nitrogens with zero attached hydrogens (tertiary/aromatic N) is 2. The number of rotatable bonds is 4. The van der Waals surface area contributed by atoms with Crippen LogP contribution in [0.25, 0.3) is 0 Å². The summed E-state index contributed by atoms with van der Waals surface area (Å²) in [7, 11) is 0. The SMILES string of the molecule is N.O=C(O)c1cccc(C(=O)O)n1.O=C(O)c1cccc(C(=O)O)n1. The molecule has 0 atom stereocenters. The molecule has 2 aromatic rings. The lowest BCUT2D eigenvalue weighted by molar-refractivity contribution is 0.0664. The van der Waals surface area contributed by atoms with Gasteiger partial charge in [-0.25, -0.2) is 29.1 Å². The van der Waals surface area contributed by atoms with Gasteiger partial charge in [0.15, 0.2) is 0 Å². The molecule has 132 valence electrons. The van der Waals surface area contributed by atoms with Gasteiger partial charge >= 0.3 is 23.9 Å². The average molecular weight is 351 g/mol. The highest BCUT2D eigenvalue weighted by molar-refractivity contribution is 5.90. The topological polar surface area (TPSA) is 210 Å². The monoisotopic (exact) mass is 351 g/mol. The van der Waals surface area contributed by atoms with Crippen LogP contribution in [-0.4, -0.2) is 54.3 Å². The Morgan fingerprint density at radius 2 is 0.760 bits per heavy atom. The third kappa shape index (κ3) is 6.42. The van der Waals surface area contributed by atoms with Gasteiger partial charge in [0.2, 0.25) is 0 Å². The lowest BCUT2D eigenvalue weighted by Crippen LogP contribution is -2.06. The first-order valence-corrected chi connectivity index (χ1v) is 6.09. The fourth-order valence-electron chi connectivity index (χ4n) is 1.35. The summed E-state index contributed by atoms with van der Waals surface area (Å²) >= 11 is 0. The minimum absolute atomic E-state index is 0. The molecule has 0 fully saturated rings. The van der Waals surface area contributed by atoms with Crippen molar-refractivity contribution in [1.82, 2.24) is 16.1 Å². The van der Waals surface area contributed by atoms with Crippen LogP contribution in [0.1, 0.15) is 42.0 Å².